The number of nitrogens with zero attached hydrogens (tertiary/aromatic N) is 2. The molecule has 0 saturated carbocycles. The molecule has 5 heteroatoms. The molecular formula is C20H28N2O3. The summed E-state index contributed by atoms with van der Waals surface area (Å²) in [4.78, 5) is 28.4. The summed E-state index contributed by atoms with van der Waals surface area (Å²) in [7, 11) is 0. The van der Waals surface area contributed by atoms with Gasteiger partial charge in [-0.25, -0.2) is 0 Å². The van der Waals surface area contributed by atoms with Crippen molar-refractivity contribution in [2.24, 2.45) is 0 Å². The average molecular weight is 344 g/mol. The normalized spacial score (nSPS) is 21.9. The van der Waals surface area contributed by atoms with Gasteiger partial charge in [0, 0.05) is 45.4 Å². The summed E-state index contributed by atoms with van der Waals surface area (Å²) in [6.45, 7) is 3.23. The van der Waals surface area contributed by atoms with Crippen molar-refractivity contribution in [2.45, 2.75) is 44.6 Å². The van der Waals surface area contributed by atoms with Crippen LogP contribution in [0.25, 0.3) is 0 Å². The molecule has 0 bridgehead atoms. The van der Waals surface area contributed by atoms with Gasteiger partial charge in [0.25, 0.3) is 0 Å². The van der Waals surface area contributed by atoms with E-state index in [1.165, 1.54) is 5.56 Å². The maximum absolute atomic E-state index is 12.6. The van der Waals surface area contributed by atoms with Crippen LogP contribution in [0, 0.1) is 0 Å². The van der Waals surface area contributed by atoms with Gasteiger partial charge in [0.15, 0.2) is 0 Å². The zero-order valence-corrected chi connectivity index (χ0v) is 14.9. The molecular weight excluding hydrogens is 316 g/mol. The number of hydrogen-bond acceptors (Lipinski definition) is 3. The van der Waals surface area contributed by atoms with Crippen LogP contribution in [0.5, 0.6) is 0 Å². The van der Waals surface area contributed by atoms with Crippen molar-refractivity contribution >= 4 is 11.8 Å². The van der Waals surface area contributed by atoms with Gasteiger partial charge in [-0.1, -0.05) is 36.8 Å². The lowest BCUT2D eigenvalue weighted by Crippen LogP contribution is -2.47. The molecule has 1 aromatic carbocycles. The molecule has 0 N–H and O–H groups in total. The third-order valence-electron chi connectivity index (χ3n) is 5.06. The second-order valence-corrected chi connectivity index (χ2v) is 6.96. The lowest BCUT2D eigenvalue weighted by molar-refractivity contribution is -0.140. The molecule has 2 fully saturated rings. The number of ether oxygens (including phenoxy) is 1. The van der Waals surface area contributed by atoms with E-state index < -0.39 is 0 Å². The van der Waals surface area contributed by atoms with Gasteiger partial charge >= 0.3 is 0 Å². The number of hydrogen-bond donors (Lipinski definition) is 0. The fraction of sp³-hybridized carbons (Fsp3) is 0.600. The fourth-order valence-corrected chi connectivity index (χ4v) is 3.61. The monoisotopic (exact) mass is 344 g/mol. The summed E-state index contributed by atoms with van der Waals surface area (Å²) in [5, 5.41) is 0. The summed E-state index contributed by atoms with van der Waals surface area (Å²) in [5.74, 6) is 0.340. The Labute approximate surface area is 149 Å². The van der Waals surface area contributed by atoms with Crippen molar-refractivity contribution in [3.63, 3.8) is 0 Å². The highest BCUT2D eigenvalue weighted by atomic mass is 16.5. The largest absolute Gasteiger partial charge is 0.374 e. The highest BCUT2D eigenvalue weighted by Gasteiger charge is 2.25. The highest BCUT2D eigenvalue weighted by molar-refractivity contribution is 5.79. The van der Waals surface area contributed by atoms with E-state index in [2.05, 4.69) is 12.1 Å². The number of carbonyl (C=O) groups excluding carboxylic acids is 2. The van der Waals surface area contributed by atoms with Gasteiger partial charge in [-0.2, -0.15) is 0 Å². The van der Waals surface area contributed by atoms with Crippen LogP contribution < -0.4 is 0 Å². The first kappa shape index (κ1) is 17.9. The minimum atomic E-state index is 0.0555. The van der Waals surface area contributed by atoms with Crippen molar-refractivity contribution in [1.82, 2.24) is 9.80 Å². The smallest absolute Gasteiger partial charge is 0.224 e. The number of amides is 2. The lowest BCUT2D eigenvalue weighted by Gasteiger charge is -2.33. The molecule has 1 aromatic rings. The van der Waals surface area contributed by atoms with E-state index >= 15 is 0 Å². The second-order valence-electron chi connectivity index (χ2n) is 6.96. The Morgan fingerprint density at radius 3 is 2.80 bits per heavy atom. The Morgan fingerprint density at radius 1 is 1.12 bits per heavy atom. The molecule has 0 radical (unpaired) electrons. The summed E-state index contributed by atoms with van der Waals surface area (Å²) in [5.41, 5.74) is 1.23. The Morgan fingerprint density at radius 2 is 1.96 bits per heavy atom. The van der Waals surface area contributed by atoms with Crippen LogP contribution in [-0.4, -0.2) is 60.5 Å². The van der Waals surface area contributed by atoms with Crippen LogP contribution in [0.1, 0.15) is 37.7 Å². The number of benzene rings is 1. The Balaban J connectivity index is 1.47. The molecule has 2 amide bonds. The predicted octanol–water partition coefficient (Wildman–Crippen LogP) is 2.25. The molecule has 5 nitrogen and oxygen atoms in total. The topological polar surface area (TPSA) is 49.9 Å². The first-order chi connectivity index (χ1) is 12.2. The standard InChI is InChI=1S/C20H28N2O3/c23-19-9-5-2-6-11-21(19)12-10-20(24)22-13-14-25-18(16-22)15-17-7-3-1-4-8-17/h1,3-4,7-8,18H,2,5-6,9-16H2/t18-/m1/s1. The fourth-order valence-electron chi connectivity index (χ4n) is 3.61. The van der Waals surface area contributed by atoms with E-state index in [1.807, 2.05) is 28.0 Å². The summed E-state index contributed by atoms with van der Waals surface area (Å²) in [6, 6.07) is 10.2. The van der Waals surface area contributed by atoms with Gasteiger partial charge in [0.2, 0.25) is 11.8 Å². The Kier molecular flexibility index (Phi) is 6.45. The van der Waals surface area contributed by atoms with E-state index in [0.29, 0.717) is 39.1 Å². The van der Waals surface area contributed by atoms with Crippen molar-refractivity contribution in [2.75, 3.05) is 32.8 Å². The maximum atomic E-state index is 12.6. The summed E-state index contributed by atoms with van der Waals surface area (Å²) < 4.78 is 5.83. The molecule has 2 aliphatic rings. The van der Waals surface area contributed by atoms with Crippen LogP contribution in [0.3, 0.4) is 0 Å². The molecule has 0 aromatic heterocycles. The third kappa shape index (κ3) is 5.30. The van der Waals surface area contributed by atoms with Gasteiger partial charge in [0.05, 0.1) is 12.7 Å². The van der Waals surface area contributed by atoms with E-state index in [0.717, 1.165) is 32.2 Å². The first-order valence-corrected chi connectivity index (χ1v) is 9.43. The zero-order valence-electron chi connectivity index (χ0n) is 14.9. The first-order valence-electron chi connectivity index (χ1n) is 9.43. The molecule has 0 unspecified atom stereocenters. The number of carbonyl (C=O) groups is 2. The predicted molar refractivity (Wildman–Crippen MR) is 96.1 cm³/mol. The molecule has 0 aliphatic carbocycles. The second kappa shape index (κ2) is 8.99. The number of rotatable bonds is 5. The van der Waals surface area contributed by atoms with Gasteiger partial charge in [-0.3, -0.25) is 9.59 Å². The maximum Gasteiger partial charge on any atom is 0.224 e. The van der Waals surface area contributed by atoms with Crippen molar-refractivity contribution in [1.29, 1.82) is 0 Å². The summed E-state index contributed by atoms with van der Waals surface area (Å²) in [6.07, 6.45) is 5.08. The van der Waals surface area contributed by atoms with Crippen molar-refractivity contribution in [3.05, 3.63) is 35.9 Å². The molecule has 3 rings (SSSR count). The van der Waals surface area contributed by atoms with E-state index in [-0.39, 0.29) is 17.9 Å². The lowest BCUT2D eigenvalue weighted by atomic mass is 10.1. The molecule has 2 heterocycles. The molecule has 1 atom stereocenters. The zero-order chi connectivity index (χ0) is 17.5. The van der Waals surface area contributed by atoms with Crippen LogP contribution in [0.2, 0.25) is 0 Å². The summed E-state index contributed by atoms with van der Waals surface area (Å²) >= 11 is 0. The van der Waals surface area contributed by atoms with Gasteiger partial charge in [-0.15, -0.1) is 0 Å². The number of likely N-dealkylation sites (tertiary alicyclic amines) is 1. The highest BCUT2D eigenvalue weighted by Crippen LogP contribution is 2.14. The minimum absolute atomic E-state index is 0.0555. The minimum Gasteiger partial charge on any atom is -0.374 e. The number of morpholine rings is 1. The SMILES string of the molecule is O=C1CCCCCN1CCC(=O)N1CCO[C@H](Cc2ccccc2)C1. The van der Waals surface area contributed by atoms with Crippen molar-refractivity contribution in [3.8, 4) is 0 Å². The van der Waals surface area contributed by atoms with Gasteiger partial charge in [0.1, 0.15) is 0 Å². The molecule has 25 heavy (non-hydrogen) atoms. The quantitative estimate of drug-likeness (QED) is 0.823. The van der Waals surface area contributed by atoms with Crippen LogP contribution in [0.4, 0.5) is 0 Å². The molecule has 0 spiro atoms. The van der Waals surface area contributed by atoms with E-state index in [9.17, 15) is 9.59 Å². The Hall–Kier alpha value is -1.88. The van der Waals surface area contributed by atoms with Crippen LogP contribution in [-0.2, 0) is 20.7 Å². The van der Waals surface area contributed by atoms with E-state index in [1.54, 1.807) is 0 Å². The molecule has 136 valence electrons. The van der Waals surface area contributed by atoms with Crippen LogP contribution in [0.15, 0.2) is 30.3 Å². The van der Waals surface area contributed by atoms with Crippen molar-refractivity contribution < 1.29 is 14.3 Å². The third-order valence-corrected chi connectivity index (χ3v) is 5.06. The van der Waals surface area contributed by atoms with E-state index in [4.69, 9.17) is 4.74 Å². The molecule has 2 aliphatic heterocycles. The van der Waals surface area contributed by atoms with Gasteiger partial charge in [-0.05, 0) is 18.4 Å². The van der Waals surface area contributed by atoms with Crippen LogP contribution >= 0.6 is 0 Å². The Bertz CT molecular complexity index is 576. The molecule has 2 saturated heterocycles. The average Bonchev–Trinajstić information content (AvgIpc) is 2.85. The van der Waals surface area contributed by atoms with Gasteiger partial charge < -0.3 is 14.5 Å².